The van der Waals surface area contributed by atoms with Crippen molar-refractivity contribution in [2.45, 2.75) is 70.4 Å². The third-order valence-electron chi connectivity index (χ3n) is 5.71. The predicted octanol–water partition coefficient (Wildman–Crippen LogP) is 3.05. The molecule has 2 aliphatic carbocycles. The third-order valence-corrected chi connectivity index (χ3v) is 5.71. The minimum absolute atomic E-state index is 0.449. The molecule has 3 aliphatic rings. The van der Waals surface area contributed by atoms with E-state index in [9.17, 15) is 0 Å². The maximum atomic E-state index is 5.88. The van der Waals surface area contributed by atoms with Crippen LogP contribution < -0.4 is 5.32 Å². The van der Waals surface area contributed by atoms with Crippen LogP contribution in [-0.4, -0.2) is 49.3 Å². The summed E-state index contributed by atoms with van der Waals surface area (Å²) in [6.07, 6.45) is 9.94. The average molecular weight is 294 g/mol. The van der Waals surface area contributed by atoms with Gasteiger partial charge in [-0.3, -0.25) is 4.90 Å². The van der Waals surface area contributed by atoms with Gasteiger partial charge in [0, 0.05) is 37.8 Å². The Morgan fingerprint density at radius 2 is 1.95 bits per heavy atom. The molecule has 1 spiro atoms. The topological polar surface area (TPSA) is 24.5 Å². The van der Waals surface area contributed by atoms with Crippen LogP contribution in [0.1, 0.15) is 58.8 Å². The molecule has 1 saturated heterocycles. The van der Waals surface area contributed by atoms with Crippen molar-refractivity contribution in [3.63, 3.8) is 0 Å². The highest BCUT2D eigenvalue weighted by molar-refractivity contribution is 5.03. The highest BCUT2D eigenvalue weighted by atomic mass is 16.5. The summed E-state index contributed by atoms with van der Waals surface area (Å²) in [4.78, 5) is 2.81. The molecule has 1 aliphatic heterocycles. The van der Waals surface area contributed by atoms with E-state index >= 15 is 0 Å². The second kappa shape index (κ2) is 6.97. The minimum Gasteiger partial charge on any atom is -0.380 e. The lowest BCUT2D eigenvalue weighted by molar-refractivity contribution is -0.0169. The molecule has 0 aromatic rings. The summed E-state index contributed by atoms with van der Waals surface area (Å²) >= 11 is 0. The predicted molar refractivity (Wildman–Crippen MR) is 87.6 cm³/mol. The van der Waals surface area contributed by atoms with Crippen molar-refractivity contribution in [3.05, 3.63) is 0 Å². The molecule has 0 aromatic heterocycles. The first kappa shape index (κ1) is 15.8. The van der Waals surface area contributed by atoms with Crippen molar-refractivity contribution in [2.24, 2.45) is 11.8 Å². The van der Waals surface area contributed by atoms with Crippen LogP contribution in [0.5, 0.6) is 0 Å². The quantitative estimate of drug-likeness (QED) is 0.762. The Morgan fingerprint density at radius 1 is 1.19 bits per heavy atom. The molecule has 0 aromatic carbocycles. The fourth-order valence-corrected chi connectivity index (χ4v) is 4.27. The molecule has 0 bridgehead atoms. The molecular formula is C18H34N2O. The van der Waals surface area contributed by atoms with Gasteiger partial charge < -0.3 is 10.1 Å². The molecule has 3 nitrogen and oxygen atoms in total. The highest BCUT2D eigenvalue weighted by Crippen LogP contribution is 2.40. The van der Waals surface area contributed by atoms with Gasteiger partial charge in [0.1, 0.15) is 0 Å². The Bertz CT molecular complexity index is 321. The summed E-state index contributed by atoms with van der Waals surface area (Å²) in [6, 6.07) is 0.752. The number of hydrogen-bond donors (Lipinski definition) is 1. The number of rotatable bonds is 6. The van der Waals surface area contributed by atoms with Crippen LogP contribution in [-0.2, 0) is 4.74 Å². The van der Waals surface area contributed by atoms with Crippen molar-refractivity contribution < 1.29 is 4.74 Å². The van der Waals surface area contributed by atoms with Crippen LogP contribution in [0.4, 0.5) is 0 Å². The van der Waals surface area contributed by atoms with E-state index in [-0.39, 0.29) is 0 Å². The van der Waals surface area contributed by atoms with Gasteiger partial charge >= 0.3 is 0 Å². The molecule has 122 valence electrons. The zero-order valence-electron chi connectivity index (χ0n) is 14.1. The first-order chi connectivity index (χ1) is 10.2. The van der Waals surface area contributed by atoms with Gasteiger partial charge in [0.2, 0.25) is 0 Å². The van der Waals surface area contributed by atoms with E-state index in [1.807, 2.05) is 0 Å². The number of nitrogens with one attached hydrogen (secondary N) is 1. The molecule has 3 fully saturated rings. The van der Waals surface area contributed by atoms with Gasteiger partial charge in [0.05, 0.1) is 6.61 Å². The average Bonchev–Trinajstić information content (AvgIpc) is 3.31. The molecule has 3 rings (SSSR count). The number of piperazine rings is 1. The van der Waals surface area contributed by atoms with E-state index in [0.717, 1.165) is 31.7 Å². The van der Waals surface area contributed by atoms with Crippen LogP contribution in [0.2, 0.25) is 0 Å². The molecule has 1 unspecified atom stereocenters. The largest absolute Gasteiger partial charge is 0.380 e. The van der Waals surface area contributed by atoms with Crippen LogP contribution in [0, 0.1) is 11.8 Å². The van der Waals surface area contributed by atoms with Crippen molar-refractivity contribution in [1.82, 2.24) is 10.2 Å². The molecule has 2 saturated carbocycles. The summed E-state index contributed by atoms with van der Waals surface area (Å²) < 4.78 is 5.88. The Hall–Kier alpha value is -0.120. The van der Waals surface area contributed by atoms with E-state index in [0.29, 0.717) is 11.5 Å². The monoisotopic (exact) mass is 294 g/mol. The summed E-state index contributed by atoms with van der Waals surface area (Å²) in [7, 11) is 0. The molecule has 3 heteroatoms. The van der Waals surface area contributed by atoms with E-state index in [1.165, 1.54) is 58.0 Å². The number of hydrogen-bond acceptors (Lipinski definition) is 3. The summed E-state index contributed by atoms with van der Waals surface area (Å²) in [5, 5.41) is 3.90. The second-order valence-electron chi connectivity index (χ2n) is 8.02. The number of ether oxygens (including phenoxy) is 1. The third kappa shape index (κ3) is 4.00. The van der Waals surface area contributed by atoms with E-state index in [1.54, 1.807) is 0 Å². The lowest BCUT2D eigenvalue weighted by atomic mass is 9.78. The van der Waals surface area contributed by atoms with Gasteiger partial charge in [-0.1, -0.05) is 33.1 Å². The lowest BCUT2D eigenvalue weighted by Gasteiger charge is -2.52. The van der Waals surface area contributed by atoms with E-state index in [4.69, 9.17) is 4.74 Å². The van der Waals surface area contributed by atoms with Gasteiger partial charge in [-0.25, -0.2) is 0 Å². The summed E-state index contributed by atoms with van der Waals surface area (Å²) in [6.45, 7) is 9.90. The first-order valence-electron chi connectivity index (χ1n) is 9.26. The Kier molecular flexibility index (Phi) is 5.23. The summed E-state index contributed by atoms with van der Waals surface area (Å²) in [5.41, 5.74) is 0.449. The SMILES string of the molecule is CC(C)COCCN1CC(C2CC2)NCC12CCCCC2. The zero-order valence-corrected chi connectivity index (χ0v) is 14.1. The molecule has 0 amide bonds. The van der Waals surface area contributed by atoms with Crippen molar-refractivity contribution in [3.8, 4) is 0 Å². The van der Waals surface area contributed by atoms with E-state index in [2.05, 4.69) is 24.1 Å². The standard InChI is InChI=1S/C18H34N2O/c1-15(2)13-21-11-10-20-12-17(16-6-7-16)19-14-18(20)8-4-3-5-9-18/h15-17,19H,3-14H2,1-2H3. The molecular weight excluding hydrogens is 260 g/mol. The van der Waals surface area contributed by atoms with E-state index < -0.39 is 0 Å². The maximum Gasteiger partial charge on any atom is 0.0593 e. The first-order valence-corrected chi connectivity index (χ1v) is 9.26. The van der Waals surface area contributed by atoms with Crippen LogP contribution >= 0.6 is 0 Å². The fourth-order valence-electron chi connectivity index (χ4n) is 4.27. The van der Waals surface area contributed by atoms with Gasteiger partial charge in [-0.15, -0.1) is 0 Å². The van der Waals surface area contributed by atoms with Crippen molar-refractivity contribution >= 4 is 0 Å². The van der Waals surface area contributed by atoms with Crippen molar-refractivity contribution in [2.75, 3.05) is 32.8 Å². The van der Waals surface area contributed by atoms with Gasteiger partial charge in [-0.2, -0.15) is 0 Å². The molecule has 1 N–H and O–H groups in total. The smallest absolute Gasteiger partial charge is 0.0593 e. The second-order valence-corrected chi connectivity index (χ2v) is 8.02. The van der Waals surface area contributed by atoms with Crippen LogP contribution in [0.25, 0.3) is 0 Å². The molecule has 1 heterocycles. The normalized spacial score (nSPS) is 30.1. The fraction of sp³-hybridized carbons (Fsp3) is 1.00. The zero-order chi connectivity index (χ0) is 14.7. The van der Waals surface area contributed by atoms with Gasteiger partial charge in [0.25, 0.3) is 0 Å². The highest BCUT2D eigenvalue weighted by Gasteiger charge is 2.45. The minimum atomic E-state index is 0.449. The lowest BCUT2D eigenvalue weighted by Crippen LogP contribution is -2.66. The number of nitrogens with zero attached hydrogens (tertiary/aromatic N) is 1. The van der Waals surface area contributed by atoms with Crippen molar-refractivity contribution in [1.29, 1.82) is 0 Å². The molecule has 0 radical (unpaired) electrons. The van der Waals surface area contributed by atoms with Crippen LogP contribution in [0.3, 0.4) is 0 Å². The van der Waals surface area contributed by atoms with Gasteiger partial charge in [-0.05, 0) is 37.5 Å². The Morgan fingerprint density at radius 3 is 2.62 bits per heavy atom. The van der Waals surface area contributed by atoms with Crippen LogP contribution in [0.15, 0.2) is 0 Å². The molecule has 21 heavy (non-hydrogen) atoms. The maximum absolute atomic E-state index is 5.88. The Labute approximate surface area is 130 Å². The Balaban J connectivity index is 1.55. The van der Waals surface area contributed by atoms with Gasteiger partial charge in [0.15, 0.2) is 0 Å². The summed E-state index contributed by atoms with van der Waals surface area (Å²) in [5.74, 6) is 1.61. The molecule has 1 atom stereocenters.